The molecule has 0 saturated carbocycles. The molecule has 1 aromatic rings. The van der Waals surface area contributed by atoms with Gasteiger partial charge in [0.15, 0.2) is 0 Å². The van der Waals surface area contributed by atoms with Gasteiger partial charge in [-0.05, 0) is 18.1 Å². The van der Waals surface area contributed by atoms with E-state index in [1.54, 1.807) is 0 Å². The van der Waals surface area contributed by atoms with Crippen LogP contribution in [0.3, 0.4) is 0 Å². The lowest BCUT2D eigenvalue weighted by Gasteiger charge is -2.09. The standard InChI is InChI=1S/C9H11NOS/c1-6-4-2-3-5-7(6)8(12)9(10)11/h2-5,8,12H,1H3,(H2,10,11). The lowest BCUT2D eigenvalue weighted by molar-refractivity contribution is -0.117. The minimum atomic E-state index is -0.494. The van der Waals surface area contributed by atoms with Gasteiger partial charge in [0.25, 0.3) is 0 Å². The van der Waals surface area contributed by atoms with Crippen molar-refractivity contribution in [3.05, 3.63) is 35.4 Å². The largest absolute Gasteiger partial charge is 0.368 e. The highest BCUT2D eigenvalue weighted by atomic mass is 32.1. The third-order valence-corrected chi connectivity index (χ3v) is 2.29. The van der Waals surface area contributed by atoms with E-state index in [0.29, 0.717) is 0 Å². The number of carbonyl (C=O) groups is 1. The molecule has 3 heteroatoms. The monoisotopic (exact) mass is 181 g/mol. The highest BCUT2D eigenvalue weighted by Gasteiger charge is 2.13. The Morgan fingerprint density at radius 3 is 2.58 bits per heavy atom. The second-order valence-electron chi connectivity index (χ2n) is 2.66. The third kappa shape index (κ3) is 1.80. The highest BCUT2D eigenvalue weighted by molar-refractivity contribution is 7.81. The van der Waals surface area contributed by atoms with E-state index in [9.17, 15) is 4.79 Å². The summed E-state index contributed by atoms with van der Waals surface area (Å²) >= 11 is 4.11. The molecule has 1 atom stereocenters. The topological polar surface area (TPSA) is 43.1 Å². The van der Waals surface area contributed by atoms with E-state index in [1.807, 2.05) is 31.2 Å². The molecule has 0 aliphatic heterocycles. The molecule has 2 nitrogen and oxygen atoms in total. The van der Waals surface area contributed by atoms with Gasteiger partial charge in [-0.15, -0.1) is 0 Å². The smallest absolute Gasteiger partial charge is 0.234 e. The summed E-state index contributed by atoms with van der Waals surface area (Å²) < 4.78 is 0. The second-order valence-corrected chi connectivity index (χ2v) is 3.18. The summed E-state index contributed by atoms with van der Waals surface area (Å²) in [4.78, 5) is 10.8. The van der Waals surface area contributed by atoms with Gasteiger partial charge in [0, 0.05) is 0 Å². The third-order valence-electron chi connectivity index (χ3n) is 1.75. The van der Waals surface area contributed by atoms with Crippen LogP contribution in [0.1, 0.15) is 16.4 Å². The van der Waals surface area contributed by atoms with Crippen LogP contribution >= 0.6 is 12.6 Å². The molecule has 0 aliphatic rings. The van der Waals surface area contributed by atoms with Crippen LogP contribution in [0.2, 0.25) is 0 Å². The van der Waals surface area contributed by atoms with Gasteiger partial charge in [-0.2, -0.15) is 12.6 Å². The highest BCUT2D eigenvalue weighted by Crippen LogP contribution is 2.22. The molecule has 1 unspecified atom stereocenters. The van der Waals surface area contributed by atoms with Gasteiger partial charge in [-0.25, -0.2) is 0 Å². The number of carbonyl (C=O) groups excluding carboxylic acids is 1. The van der Waals surface area contributed by atoms with Crippen molar-refractivity contribution in [3.8, 4) is 0 Å². The predicted octanol–water partition coefficient (Wildman–Crippen LogP) is 1.45. The molecule has 1 amide bonds. The molecule has 0 spiro atoms. The number of benzene rings is 1. The van der Waals surface area contributed by atoms with Gasteiger partial charge < -0.3 is 5.73 Å². The van der Waals surface area contributed by atoms with Crippen molar-refractivity contribution in [1.82, 2.24) is 0 Å². The zero-order valence-electron chi connectivity index (χ0n) is 6.82. The summed E-state index contributed by atoms with van der Waals surface area (Å²) in [6.45, 7) is 1.93. The summed E-state index contributed by atoms with van der Waals surface area (Å²) in [6.07, 6.45) is 0. The zero-order valence-corrected chi connectivity index (χ0v) is 7.71. The Hall–Kier alpha value is -0.960. The number of rotatable bonds is 2. The van der Waals surface area contributed by atoms with Crippen LogP contribution in [0.15, 0.2) is 24.3 Å². The maximum Gasteiger partial charge on any atom is 0.234 e. The number of hydrogen-bond acceptors (Lipinski definition) is 2. The molecule has 0 radical (unpaired) electrons. The van der Waals surface area contributed by atoms with Crippen LogP contribution in [0.4, 0.5) is 0 Å². The Morgan fingerprint density at radius 1 is 1.50 bits per heavy atom. The summed E-state index contributed by atoms with van der Waals surface area (Å²) in [5.41, 5.74) is 7.04. The molecule has 0 heterocycles. The molecule has 0 bridgehead atoms. The molecule has 1 aromatic carbocycles. The Kier molecular flexibility index (Phi) is 2.76. The Balaban J connectivity index is 3.02. The molecule has 0 aliphatic carbocycles. The van der Waals surface area contributed by atoms with Crippen molar-refractivity contribution < 1.29 is 4.79 Å². The molecular weight excluding hydrogens is 170 g/mol. The van der Waals surface area contributed by atoms with E-state index in [-0.39, 0.29) is 0 Å². The van der Waals surface area contributed by atoms with Crippen molar-refractivity contribution in [1.29, 1.82) is 0 Å². The lowest BCUT2D eigenvalue weighted by Crippen LogP contribution is -2.17. The van der Waals surface area contributed by atoms with E-state index in [2.05, 4.69) is 12.6 Å². The van der Waals surface area contributed by atoms with Crippen LogP contribution in [-0.2, 0) is 4.79 Å². The molecule has 0 aromatic heterocycles. The number of thiol groups is 1. The van der Waals surface area contributed by atoms with Crippen molar-refractivity contribution >= 4 is 18.5 Å². The summed E-state index contributed by atoms with van der Waals surface area (Å²) in [7, 11) is 0. The van der Waals surface area contributed by atoms with E-state index in [0.717, 1.165) is 11.1 Å². The van der Waals surface area contributed by atoms with E-state index in [1.165, 1.54) is 0 Å². The fourth-order valence-corrected chi connectivity index (χ4v) is 1.34. The van der Waals surface area contributed by atoms with Crippen LogP contribution in [0.5, 0.6) is 0 Å². The molecule has 64 valence electrons. The van der Waals surface area contributed by atoms with E-state index in [4.69, 9.17) is 5.73 Å². The Morgan fingerprint density at radius 2 is 2.08 bits per heavy atom. The normalized spacial score (nSPS) is 12.5. The first-order chi connectivity index (χ1) is 5.63. The molecular formula is C9H11NOS. The van der Waals surface area contributed by atoms with Gasteiger partial charge in [0.1, 0.15) is 5.25 Å². The SMILES string of the molecule is Cc1ccccc1C(S)C(N)=O. The van der Waals surface area contributed by atoms with E-state index >= 15 is 0 Å². The van der Waals surface area contributed by atoms with Gasteiger partial charge in [-0.3, -0.25) is 4.79 Å². The first-order valence-corrected chi connectivity index (χ1v) is 4.17. The maximum atomic E-state index is 10.8. The molecule has 0 saturated heterocycles. The molecule has 12 heavy (non-hydrogen) atoms. The molecule has 1 rings (SSSR count). The van der Waals surface area contributed by atoms with Crippen molar-refractivity contribution in [2.24, 2.45) is 5.73 Å². The average Bonchev–Trinajstić information content (AvgIpc) is 2.04. The Bertz CT molecular complexity index is 298. The number of primary amides is 1. The summed E-state index contributed by atoms with van der Waals surface area (Å²) in [6, 6.07) is 7.58. The van der Waals surface area contributed by atoms with Crippen molar-refractivity contribution in [3.63, 3.8) is 0 Å². The van der Waals surface area contributed by atoms with Crippen LogP contribution in [0.25, 0.3) is 0 Å². The van der Waals surface area contributed by atoms with Gasteiger partial charge in [-0.1, -0.05) is 24.3 Å². The fraction of sp³-hybridized carbons (Fsp3) is 0.222. The quantitative estimate of drug-likeness (QED) is 0.666. The van der Waals surface area contributed by atoms with Crippen LogP contribution in [0, 0.1) is 6.92 Å². The minimum Gasteiger partial charge on any atom is -0.368 e. The summed E-state index contributed by atoms with van der Waals surface area (Å²) in [5, 5.41) is -0.494. The van der Waals surface area contributed by atoms with Gasteiger partial charge in [0.2, 0.25) is 5.91 Å². The number of amides is 1. The molecule has 0 fully saturated rings. The lowest BCUT2D eigenvalue weighted by atomic mass is 10.1. The van der Waals surface area contributed by atoms with Crippen molar-refractivity contribution in [2.45, 2.75) is 12.2 Å². The van der Waals surface area contributed by atoms with Gasteiger partial charge in [0.05, 0.1) is 0 Å². The fourth-order valence-electron chi connectivity index (χ4n) is 1.05. The summed E-state index contributed by atoms with van der Waals surface area (Å²) in [5.74, 6) is -0.410. The first kappa shape index (κ1) is 9.13. The first-order valence-electron chi connectivity index (χ1n) is 3.66. The average molecular weight is 181 g/mol. The van der Waals surface area contributed by atoms with E-state index < -0.39 is 11.2 Å². The van der Waals surface area contributed by atoms with Crippen LogP contribution in [-0.4, -0.2) is 5.91 Å². The minimum absolute atomic E-state index is 0.410. The number of aryl methyl sites for hydroxylation is 1. The predicted molar refractivity (Wildman–Crippen MR) is 52.1 cm³/mol. The van der Waals surface area contributed by atoms with Crippen LogP contribution < -0.4 is 5.73 Å². The van der Waals surface area contributed by atoms with Gasteiger partial charge >= 0.3 is 0 Å². The number of nitrogens with two attached hydrogens (primary N) is 1. The second kappa shape index (κ2) is 3.63. The zero-order chi connectivity index (χ0) is 9.14. The maximum absolute atomic E-state index is 10.8. The van der Waals surface area contributed by atoms with Crippen molar-refractivity contribution in [2.75, 3.05) is 0 Å². The molecule has 2 N–H and O–H groups in total. The Labute approximate surface area is 77.2 Å². The number of hydrogen-bond donors (Lipinski definition) is 2.